The van der Waals surface area contributed by atoms with Crippen LogP contribution in [0.2, 0.25) is 0 Å². The lowest BCUT2D eigenvalue weighted by molar-refractivity contribution is -0.384. The minimum atomic E-state index is -0.405. The van der Waals surface area contributed by atoms with E-state index in [4.69, 9.17) is 5.73 Å². The zero-order valence-corrected chi connectivity index (χ0v) is 11.4. The Bertz CT molecular complexity index is 566. The van der Waals surface area contributed by atoms with E-state index in [1.54, 1.807) is 23.5 Å². The van der Waals surface area contributed by atoms with Crippen LogP contribution in [0.3, 0.4) is 0 Å². The molecule has 0 fully saturated rings. The molecular weight excluding hydrogens is 262 g/mol. The largest absolute Gasteiger partial charge is 0.322 e. The van der Waals surface area contributed by atoms with Gasteiger partial charge < -0.3 is 5.73 Å². The average Bonchev–Trinajstić information content (AvgIpc) is 2.88. The Labute approximate surface area is 115 Å². The van der Waals surface area contributed by atoms with Gasteiger partial charge in [0, 0.05) is 17.5 Å². The molecular formula is C13H15N3O2S. The van der Waals surface area contributed by atoms with Gasteiger partial charge in [-0.15, -0.1) is 11.3 Å². The highest BCUT2D eigenvalue weighted by Crippen LogP contribution is 2.21. The van der Waals surface area contributed by atoms with E-state index >= 15 is 0 Å². The van der Waals surface area contributed by atoms with Crippen molar-refractivity contribution in [3.8, 4) is 0 Å². The molecule has 1 aromatic heterocycles. The number of thiazole rings is 1. The van der Waals surface area contributed by atoms with Gasteiger partial charge in [0.25, 0.3) is 5.69 Å². The highest BCUT2D eigenvalue weighted by atomic mass is 32.1. The molecule has 19 heavy (non-hydrogen) atoms. The number of hydrogen-bond acceptors (Lipinski definition) is 5. The van der Waals surface area contributed by atoms with Gasteiger partial charge >= 0.3 is 0 Å². The van der Waals surface area contributed by atoms with Crippen LogP contribution >= 0.6 is 11.3 Å². The molecule has 2 N–H and O–H groups in total. The molecule has 0 aliphatic heterocycles. The molecule has 2 rings (SSSR count). The number of aromatic nitrogens is 1. The Kier molecular flexibility index (Phi) is 4.24. The number of rotatable bonds is 5. The van der Waals surface area contributed by atoms with Crippen LogP contribution in [-0.2, 0) is 12.8 Å². The van der Waals surface area contributed by atoms with Crippen LogP contribution in [0.15, 0.2) is 29.6 Å². The maximum atomic E-state index is 10.6. The van der Waals surface area contributed by atoms with Crippen molar-refractivity contribution >= 4 is 17.0 Å². The summed E-state index contributed by atoms with van der Waals surface area (Å²) in [5.74, 6) is 0. The standard InChI is InChI=1S/C13H15N3O2S/c1-2-10-8-19-13(15-10)12(14)7-9-3-5-11(6-4-9)16(17)18/h3-6,8,12H,2,7,14H2,1H3. The van der Waals surface area contributed by atoms with E-state index in [9.17, 15) is 10.1 Å². The second-order valence-electron chi connectivity index (χ2n) is 4.26. The number of benzene rings is 1. The summed E-state index contributed by atoms with van der Waals surface area (Å²) in [7, 11) is 0. The van der Waals surface area contributed by atoms with Gasteiger partial charge in [0.1, 0.15) is 5.01 Å². The SMILES string of the molecule is CCc1csc(C(N)Cc2ccc([N+](=O)[O-])cc2)n1. The van der Waals surface area contributed by atoms with Crippen molar-refractivity contribution in [1.82, 2.24) is 4.98 Å². The average molecular weight is 277 g/mol. The summed E-state index contributed by atoms with van der Waals surface area (Å²) in [6, 6.07) is 6.33. The van der Waals surface area contributed by atoms with Gasteiger partial charge in [0.2, 0.25) is 0 Å². The van der Waals surface area contributed by atoms with Crippen LogP contribution in [0, 0.1) is 10.1 Å². The quantitative estimate of drug-likeness (QED) is 0.673. The van der Waals surface area contributed by atoms with E-state index in [2.05, 4.69) is 11.9 Å². The van der Waals surface area contributed by atoms with E-state index in [0.29, 0.717) is 6.42 Å². The van der Waals surface area contributed by atoms with E-state index in [0.717, 1.165) is 22.7 Å². The van der Waals surface area contributed by atoms with Gasteiger partial charge in [-0.3, -0.25) is 10.1 Å². The monoisotopic (exact) mass is 277 g/mol. The maximum Gasteiger partial charge on any atom is 0.269 e. The zero-order valence-electron chi connectivity index (χ0n) is 10.6. The van der Waals surface area contributed by atoms with Crippen LogP contribution in [0.5, 0.6) is 0 Å². The molecule has 100 valence electrons. The first kappa shape index (κ1) is 13.6. The molecule has 0 aliphatic rings. The number of nitrogens with zero attached hydrogens (tertiary/aromatic N) is 2. The lowest BCUT2D eigenvalue weighted by atomic mass is 10.1. The Morgan fingerprint density at radius 2 is 2.11 bits per heavy atom. The molecule has 5 nitrogen and oxygen atoms in total. The first-order valence-electron chi connectivity index (χ1n) is 6.03. The van der Waals surface area contributed by atoms with Crippen molar-refractivity contribution in [3.63, 3.8) is 0 Å². The fourth-order valence-electron chi connectivity index (χ4n) is 1.75. The highest BCUT2D eigenvalue weighted by molar-refractivity contribution is 7.09. The molecule has 2 aromatic rings. The van der Waals surface area contributed by atoms with E-state index < -0.39 is 4.92 Å². The molecule has 0 spiro atoms. The summed E-state index contributed by atoms with van der Waals surface area (Å²) in [5, 5.41) is 13.5. The molecule has 1 heterocycles. The van der Waals surface area contributed by atoms with Gasteiger partial charge in [-0.1, -0.05) is 19.1 Å². The van der Waals surface area contributed by atoms with Crippen LogP contribution in [0.1, 0.15) is 29.2 Å². The topological polar surface area (TPSA) is 82.0 Å². The Balaban J connectivity index is 2.05. The summed E-state index contributed by atoms with van der Waals surface area (Å²) in [6.45, 7) is 2.06. The van der Waals surface area contributed by atoms with E-state index in [1.165, 1.54) is 12.1 Å². The number of aryl methyl sites for hydroxylation is 1. The number of non-ortho nitro benzene ring substituents is 1. The Morgan fingerprint density at radius 1 is 1.42 bits per heavy atom. The minimum absolute atomic E-state index is 0.0971. The van der Waals surface area contributed by atoms with Crippen molar-refractivity contribution in [1.29, 1.82) is 0 Å². The smallest absolute Gasteiger partial charge is 0.269 e. The molecule has 0 saturated heterocycles. The third kappa shape index (κ3) is 3.36. The van der Waals surface area contributed by atoms with E-state index in [1.807, 2.05) is 5.38 Å². The van der Waals surface area contributed by atoms with Crippen molar-refractivity contribution in [3.05, 3.63) is 56.0 Å². The lowest BCUT2D eigenvalue weighted by Gasteiger charge is -2.08. The van der Waals surface area contributed by atoms with Crippen molar-refractivity contribution in [2.24, 2.45) is 5.73 Å². The maximum absolute atomic E-state index is 10.6. The van der Waals surface area contributed by atoms with Crippen LogP contribution in [-0.4, -0.2) is 9.91 Å². The summed E-state index contributed by atoms with van der Waals surface area (Å²) in [6.07, 6.45) is 1.54. The van der Waals surface area contributed by atoms with Gasteiger partial charge in [0.05, 0.1) is 16.7 Å². The number of hydrogen-bond donors (Lipinski definition) is 1. The molecule has 0 radical (unpaired) electrons. The molecule has 0 amide bonds. The minimum Gasteiger partial charge on any atom is -0.322 e. The lowest BCUT2D eigenvalue weighted by Crippen LogP contribution is -2.13. The summed E-state index contributed by atoms with van der Waals surface area (Å²) < 4.78 is 0. The van der Waals surface area contributed by atoms with Crippen LogP contribution in [0.25, 0.3) is 0 Å². The molecule has 0 saturated carbocycles. The van der Waals surface area contributed by atoms with Gasteiger partial charge in [-0.25, -0.2) is 4.98 Å². The van der Waals surface area contributed by atoms with E-state index in [-0.39, 0.29) is 11.7 Å². The number of nitro groups is 1. The molecule has 0 aliphatic carbocycles. The fourth-order valence-corrected chi connectivity index (χ4v) is 2.65. The molecule has 0 bridgehead atoms. The van der Waals surface area contributed by atoms with Crippen LogP contribution in [0.4, 0.5) is 5.69 Å². The molecule has 1 unspecified atom stereocenters. The normalized spacial score (nSPS) is 12.3. The third-order valence-corrected chi connectivity index (χ3v) is 3.88. The Hall–Kier alpha value is -1.79. The summed E-state index contributed by atoms with van der Waals surface area (Å²) >= 11 is 1.57. The van der Waals surface area contributed by atoms with Gasteiger partial charge in [-0.05, 0) is 18.4 Å². The first-order chi connectivity index (χ1) is 9.10. The number of nitro benzene ring substituents is 1. The first-order valence-corrected chi connectivity index (χ1v) is 6.91. The van der Waals surface area contributed by atoms with Gasteiger partial charge in [-0.2, -0.15) is 0 Å². The molecule has 1 aromatic carbocycles. The summed E-state index contributed by atoms with van der Waals surface area (Å²) in [4.78, 5) is 14.6. The number of nitrogens with two attached hydrogens (primary N) is 1. The summed E-state index contributed by atoms with van der Waals surface area (Å²) in [5.41, 5.74) is 8.24. The van der Waals surface area contributed by atoms with Gasteiger partial charge in [0.15, 0.2) is 0 Å². The highest BCUT2D eigenvalue weighted by Gasteiger charge is 2.12. The van der Waals surface area contributed by atoms with Crippen molar-refractivity contribution in [2.75, 3.05) is 0 Å². The predicted molar refractivity (Wildman–Crippen MR) is 75.2 cm³/mol. The van der Waals surface area contributed by atoms with Crippen LogP contribution < -0.4 is 5.73 Å². The second kappa shape index (κ2) is 5.90. The zero-order chi connectivity index (χ0) is 13.8. The second-order valence-corrected chi connectivity index (χ2v) is 5.15. The predicted octanol–water partition coefficient (Wildman–Crippen LogP) is 2.86. The molecule has 1 atom stereocenters. The molecule has 6 heteroatoms. The fraction of sp³-hybridized carbons (Fsp3) is 0.308. The van der Waals surface area contributed by atoms with Crippen molar-refractivity contribution < 1.29 is 4.92 Å². The third-order valence-electron chi connectivity index (χ3n) is 2.85. The Morgan fingerprint density at radius 3 is 2.63 bits per heavy atom. The van der Waals surface area contributed by atoms with Crippen molar-refractivity contribution in [2.45, 2.75) is 25.8 Å².